The van der Waals surface area contributed by atoms with Crippen molar-refractivity contribution in [1.82, 2.24) is 0 Å². The maximum Gasteiger partial charge on any atom is 0.124 e. The summed E-state index contributed by atoms with van der Waals surface area (Å²) in [6.07, 6.45) is 0. The predicted molar refractivity (Wildman–Crippen MR) is 99.9 cm³/mol. The molecule has 0 heterocycles. The van der Waals surface area contributed by atoms with E-state index in [9.17, 15) is 4.39 Å². The molecule has 5 nitrogen and oxygen atoms in total. The Balaban J connectivity index is 0.000000289. The lowest BCUT2D eigenvalue weighted by atomic mass is 10.1. The summed E-state index contributed by atoms with van der Waals surface area (Å²) in [5.41, 5.74) is 2.15. The van der Waals surface area contributed by atoms with Gasteiger partial charge < -0.3 is 4.90 Å². The molecule has 27 heavy (non-hydrogen) atoms. The van der Waals surface area contributed by atoms with E-state index in [0.29, 0.717) is 17.2 Å². The average Bonchev–Trinajstić information content (AvgIpc) is 2.68. The van der Waals surface area contributed by atoms with Gasteiger partial charge in [0.2, 0.25) is 0 Å². The smallest absolute Gasteiger partial charge is 0.124 e. The highest BCUT2D eigenvalue weighted by Crippen LogP contribution is 2.20. The Bertz CT molecular complexity index is 968. The molecule has 0 aliphatic rings. The molecule has 2 aromatic rings. The molecule has 6 heteroatoms. The third-order valence-corrected chi connectivity index (χ3v) is 3.76. The van der Waals surface area contributed by atoms with Crippen LogP contribution in [0, 0.1) is 51.1 Å². The zero-order valence-corrected chi connectivity index (χ0v) is 15.4. The van der Waals surface area contributed by atoms with E-state index in [1.165, 1.54) is 6.07 Å². The van der Waals surface area contributed by atoms with Crippen LogP contribution in [-0.2, 0) is 0 Å². The molecule has 134 valence electrons. The largest absolute Gasteiger partial charge is 0.369 e. The van der Waals surface area contributed by atoms with Gasteiger partial charge in [-0.1, -0.05) is 0 Å². The molecule has 0 radical (unpaired) electrons. The minimum absolute atomic E-state index is 0.0764. The van der Waals surface area contributed by atoms with Crippen LogP contribution in [0.25, 0.3) is 0 Å². The maximum atomic E-state index is 12.4. The molecule has 0 fully saturated rings. The van der Waals surface area contributed by atoms with Gasteiger partial charge in [0.05, 0.1) is 22.3 Å². The van der Waals surface area contributed by atoms with Crippen LogP contribution in [0.2, 0.25) is 0 Å². The van der Waals surface area contributed by atoms with Gasteiger partial charge in [-0.05, 0) is 57.2 Å². The Kier molecular flexibility index (Phi) is 8.00. The first-order valence-corrected chi connectivity index (χ1v) is 8.22. The van der Waals surface area contributed by atoms with Crippen LogP contribution >= 0.6 is 0 Å². The van der Waals surface area contributed by atoms with E-state index in [-0.39, 0.29) is 11.1 Å². The molecule has 0 atom stereocenters. The van der Waals surface area contributed by atoms with Gasteiger partial charge in [-0.2, -0.15) is 21.0 Å². The van der Waals surface area contributed by atoms with Crippen molar-refractivity contribution in [3.8, 4) is 24.3 Å². The van der Waals surface area contributed by atoms with Crippen molar-refractivity contribution in [1.29, 1.82) is 21.0 Å². The summed E-state index contributed by atoms with van der Waals surface area (Å²) in [5, 5.41) is 34.6. The van der Waals surface area contributed by atoms with E-state index in [2.05, 4.69) is 31.7 Å². The van der Waals surface area contributed by atoms with E-state index in [1.807, 2.05) is 12.1 Å². The second-order valence-electron chi connectivity index (χ2n) is 5.75. The molecule has 0 amide bonds. The van der Waals surface area contributed by atoms with Crippen LogP contribution in [-0.4, -0.2) is 12.6 Å². The molecule has 0 aliphatic carbocycles. The Morgan fingerprint density at radius 3 is 1.74 bits per heavy atom. The summed E-state index contributed by atoms with van der Waals surface area (Å²) in [5.74, 6) is -0.499. The first-order valence-electron chi connectivity index (χ1n) is 8.22. The number of hydrogen-bond acceptors (Lipinski definition) is 5. The monoisotopic (exact) mass is 359 g/mol. The number of anilines is 1. The minimum atomic E-state index is -0.499. The van der Waals surface area contributed by atoms with Crippen molar-refractivity contribution in [3.05, 3.63) is 64.5 Å². The maximum absolute atomic E-state index is 12.4. The van der Waals surface area contributed by atoms with Crippen LogP contribution in [0.15, 0.2) is 36.4 Å². The van der Waals surface area contributed by atoms with Gasteiger partial charge in [0.1, 0.15) is 30.1 Å². The standard InChI is InChI=1S/C13H15N3.C8H3FN2/c1-4-16(10(2)3)13-6-5-11(8-14)12(7-13)9-15;9-8-2-1-6(4-10)7(3-8)5-11/h5-7,10H,4H2,1-3H3;1-3H. The number of rotatable bonds is 3. The van der Waals surface area contributed by atoms with Crippen molar-refractivity contribution in [2.45, 2.75) is 26.8 Å². The molecule has 0 aromatic heterocycles. The molecule has 0 unspecified atom stereocenters. The molecule has 0 N–H and O–H groups in total. The SMILES string of the molecule is CCN(c1ccc(C#N)c(C#N)c1)C(C)C.N#Cc1ccc(F)cc1C#N. The molecule has 0 spiro atoms. The zero-order chi connectivity index (χ0) is 20.4. The number of nitriles is 4. The molecule has 2 rings (SSSR count). The Hall–Kier alpha value is -3.87. The van der Waals surface area contributed by atoms with E-state index >= 15 is 0 Å². The highest BCUT2D eigenvalue weighted by molar-refractivity contribution is 5.58. The number of halogens is 1. The number of hydrogen-bond donors (Lipinski definition) is 0. The van der Waals surface area contributed by atoms with Gasteiger partial charge in [-0.25, -0.2) is 4.39 Å². The second kappa shape index (κ2) is 10.2. The summed E-state index contributed by atoms with van der Waals surface area (Å²) in [6.45, 7) is 7.17. The minimum Gasteiger partial charge on any atom is -0.369 e. The second-order valence-corrected chi connectivity index (χ2v) is 5.75. The fourth-order valence-electron chi connectivity index (χ4n) is 2.45. The Morgan fingerprint density at radius 1 is 0.815 bits per heavy atom. The fraction of sp³-hybridized carbons (Fsp3) is 0.238. The van der Waals surface area contributed by atoms with Crippen LogP contribution < -0.4 is 4.90 Å². The Morgan fingerprint density at radius 2 is 1.30 bits per heavy atom. The van der Waals surface area contributed by atoms with Gasteiger partial charge in [0.25, 0.3) is 0 Å². The van der Waals surface area contributed by atoms with Gasteiger partial charge in [-0.3, -0.25) is 0 Å². The zero-order valence-electron chi connectivity index (χ0n) is 15.4. The van der Waals surface area contributed by atoms with Crippen LogP contribution in [0.5, 0.6) is 0 Å². The third-order valence-electron chi connectivity index (χ3n) is 3.76. The van der Waals surface area contributed by atoms with Gasteiger partial charge in [0, 0.05) is 18.3 Å². The van der Waals surface area contributed by atoms with Crippen molar-refractivity contribution in [2.75, 3.05) is 11.4 Å². The topological polar surface area (TPSA) is 98.4 Å². The molecule has 0 saturated heterocycles. The fourth-order valence-corrected chi connectivity index (χ4v) is 2.45. The number of nitrogens with zero attached hydrogens (tertiary/aromatic N) is 5. The van der Waals surface area contributed by atoms with Crippen molar-refractivity contribution < 1.29 is 4.39 Å². The lowest BCUT2D eigenvalue weighted by molar-refractivity contribution is 0.627. The van der Waals surface area contributed by atoms with Crippen molar-refractivity contribution >= 4 is 5.69 Å². The molecule has 0 saturated carbocycles. The quantitative estimate of drug-likeness (QED) is 0.816. The summed E-state index contributed by atoms with van der Waals surface area (Å²) in [4.78, 5) is 2.18. The molecule has 2 aromatic carbocycles. The molecular formula is C21H18FN5. The summed E-state index contributed by atoms with van der Waals surface area (Å²) in [6, 6.07) is 16.8. The van der Waals surface area contributed by atoms with Crippen LogP contribution in [0.3, 0.4) is 0 Å². The molecular weight excluding hydrogens is 341 g/mol. The van der Waals surface area contributed by atoms with Gasteiger partial charge in [0.15, 0.2) is 0 Å². The van der Waals surface area contributed by atoms with Crippen molar-refractivity contribution in [2.24, 2.45) is 0 Å². The highest BCUT2D eigenvalue weighted by atomic mass is 19.1. The lowest BCUT2D eigenvalue weighted by Crippen LogP contribution is -2.30. The Labute approximate surface area is 158 Å². The lowest BCUT2D eigenvalue weighted by Gasteiger charge is -2.27. The highest BCUT2D eigenvalue weighted by Gasteiger charge is 2.10. The van der Waals surface area contributed by atoms with E-state index in [4.69, 9.17) is 21.0 Å². The van der Waals surface area contributed by atoms with Crippen molar-refractivity contribution in [3.63, 3.8) is 0 Å². The average molecular weight is 359 g/mol. The first kappa shape index (κ1) is 21.2. The number of benzene rings is 2. The molecule has 0 aliphatic heterocycles. The molecule has 0 bridgehead atoms. The third kappa shape index (κ3) is 5.57. The van der Waals surface area contributed by atoms with Gasteiger partial charge >= 0.3 is 0 Å². The normalized spacial score (nSPS) is 9.07. The van der Waals surface area contributed by atoms with Crippen LogP contribution in [0.4, 0.5) is 10.1 Å². The van der Waals surface area contributed by atoms with E-state index in [1.54, 1.807) is 24.3 Å². The summed E-state index contributed by atoms with van der Waals surface area (Å²) < 4.78 is 12.4. The first-order chi connectivity index (χ1) is 12.9. The van der Waals surface area contributed by atoms with E-state index in [0.717, 1.165) is 24.4 Å². The summed E-state index contributed by atoms with van der Waals surface area (Å²) in [7, 11) is 0. The predicted octanol–water partition coefficient (Wildman–Crippen LogP) is 4.23. The summed E-state index contributed by atoms with van der Waals surface area (Å²) >= 11 is 0. The van der Waals surface area contributed by atoms with Crippen LogP contribution in [0.1, 0.15) is 43.0 Å². The van der Waals surface area contributed by atoms with E-state index < -0.39 is 5.82 Å². The van der Waals surface area contributed by atoms with Gasteiger partial charge in [-0.15, -0.1) is 0 Å².